The summed E-state index contributed by atoms with van der Waals surface area (Å²) < 4.78 is 1.40. The molecule has 1 aliphatic rings. The van der Waals surface area contributed by atoms with Crippen LogP contribution in [0.3, 0.4) is 0 Å². The Hall–Kier alpha value is -3.28. The number of carbonyl (C=O) groups is 3. The van der Waals surface area contributed by atoms with Crippen molar-refractivity contribution in [1.82, 2.24) is 9.38 Å². The van der Waals surface area contributed by atoms with Gasteiger partial charge in [0.1, 0.15) is 17.1 Å². The minimum atomic E-state index is -0.483. The number of rotatable bonds is 1. The van der Waals surface area contributed by atoms with Crippen LogP contribution in [0.15, 0.2) is 36.7 Å². The van der Waals surface area contributed by atoms with E-state index in [1.54, 1.807) is 18.3 Å². The Morgan fingerprint density at radius 2 is 1.96 bits per heavy atom. The summed E-state index contributed by atoms with van der Waals surface area (Å²) in [7, 11) is 0. The van der Waals surface area contributed by atoms with Gasteiger partial charge in [-0.1, -0.05) is 0 Å². The second-order valence-electron chi connectivity index (χ2n) is 5.32. The van der Waals surface area contributed by atoms with Gasteiger partial charge in [0.05, 0.1) is 22.2 Å². The quantitative estimate of drug-likeness (QED) is 0.543. The van der Waals surface area contributed by atoms with Crippen molar-refractivity contribution in [3.8, 4) is 5.75 Å². The molecular weight excluding hydrogens is 296 g/mol. The van der Waals surface area contributed by atoms with Crippen molar-refractivity contribution in [2.45, 2.75) is 6.92 Å². The molecule has 0 fully saturated rings. The highest BCUT2D eigenvalue weighted by atomic mass is 16.3. The Bertz CT molecular complexity index is 1050. The van der Waals surface area contributed by atoms with E-state index in [9.17, 15) is 19.5 Å². The summed E-state index contributed by atoms with van der Waals surface area (Å²) in [5.41, 5.74) is 0.541. The van der Waals surface area contributed by atoms with Crippen molar-refractivity contribution in [3.05, 3.63) is 64.7 Å². The Labute approximate surface area is 130 Å². The smallest absolute Gasteiger partial charge is 0.215 e. The molecule has 0 aromatic carbocycles. The van der Waals surface area contributed by atoms with Crippen LogP contribution in [0.4, 0.5) is 0 Å². The third-order valence-corrected chi connectivity index (χ3v) is 4.00. The van der Waals surface area contributed by atoms with Crippen LogP contribution in [0.2, 0.25) is 0 Å². The van der Waals surface area contributed by atoms with E-state index in [4.69, 9.17) is 0 Å². The van der Waals surface area contributed by atoms with Crippen LogP contribution >= 0.6 is 0 Å². The van der Waals surface area contributed by atoms with E-state index in [2.05, 4.69) is 4.98 Å². The molecule has 0 aliphatic heterocycles. The van der Waals surface area contributed by atoms with E-state index in [1.807, 2.05) is 0 Å². The molecule has 1 N–H and O–H groups in total. The standard InChI is InChI=1S/C17H10N2O4/c1-8(20)11-12-15(19-7-3-5-10(21)14(11)19)16(22)9-4-2-6-18-13(9)17(12)23/h2-7,21H,1H3. The van der Waals surface area contributed by atoms with Gasteiger partial charge in [0.15, 0.2) is 5.78 Å². The molecule has 6 nitrogen and oxygen atoms in total. The zero-order valence-electron chi connectivity index (χ0n) is 12.0. The Balaban J connectivity index is 2.23. The zero-order chi connectivity index (χ0) is 16.3. The molecule has 1 aliphatic carbocycles. The highest BCUT2D eigenvalue weighted by Crippen LogP contribution is 2.36. The number of hydrogen-bond acceptors (Lipinski definition) is 5. The summed E-state index contributed by atoms with van der Waals surface area (Å²) in [5, 5.41) is 10.1. The van der Waals surface area contributed by atoms with Gasteiger partial charge in [-0.05, 0) is 31.2 Å². The molecule has 112 valence electrons. The van der Waals surface area contributed by atoms with Crippen LogP contribution in [0.1, 0.15) is 49.4 Å². The third-order valence-electron chi connectivity index (χ3n) is 4.00. The first-order valence-electron chi connectivity index (χ1n) is 6.93. The number of pyridine rings is 2. The topological polar surface area (TPSA) is 88.7 Å². The first-order valence-corrected chi connectivity index (χ1v) is 6.93. The SMILES string of the molecule is CC(=O)c1c2c(n3cccc(O)c13)C(=O)c1cccnc1C2=O. The van der Waals surface area contributed by atoms with Crippen molar-refractivity contribution in [2.75, 3.05) is 0 Å². The number of fused-ring (bicyclic) bond motifs is 4. The normalized spacial score (nSPS) is 13.1. The van der Waals surface area contributed by atoms with Gasteiger partial charge in [-0.25, -0.2) is 0 Å². The average molecular weight is 306 g/mol. The van der Waals surface area contributed by atoms with Gasteiger partial charge in [0, 0.05) is 12.4 Å². The maximum atomic E-state index is 12.8. The van der Waals surface area contributed by atoms with Crippen LogP contribution < -0.4 is 0 Å². The molecular formula is C17H10N2O4. The molecule has 0 bridgehead atoms. The number of ketones is 3. The van der Waals surface area contributed by atoms with Crippen molar-refractivity contribution < 1.29 is 19.5 Å². The fourth-order valence-electron chi connectivity index (χ4n) is 3.09. The van der Waals surface area contributed by atoms with E-state index in [1.165, 1.54) is 29.7 Å². The first kappa shape index (κ1) is 13.4. The number of nitrogens with zero attached hydrogens (tertiary/aromatic N) is 2. The Morgan fingerprint density at radius 3 is 2.70 bits per heavy atom. The molecule has 0 saturated carbocycles. The lowest BCUT2D eigenvalue weighted by molar-refractivity contribution is 0.0964. The summed E-state index contributed by atoms with van der Waals surface area (Å²) in [4.78, 5) is 41.7. The van der Waals surface area contributed by atoms with Crippen LogP contribution in [-0.4, -0.2) is 31.8 Å². The van der Waals surface area contributed by atoms with Crippen molar-refractivity contribution in [1.29, 1.82) is 0 Å². The van der Waals surface area contributed by atoms with Gasteiger partial charge < -0.3 is 9.51 Å². The monoisotopic (exact) mass is 306 g/mol. The van der Waals surface area contributed by atoms with Gasteiger partial charge >= 0.3 is 0 Å². The lowest BCUT2D eigenvalue weighted by Crippen LogP contribution is -2.23. The van der Waals surface area contributed by atoms with E-state index in [0.717, 1.165) is 0 Å². The highest BCUT2D eigenvalue weighted by Gasteiger charge is 2.38. The number of Topliss-reactive ketones (excluding diaryl/α,β-unsaturated/α-hetero) is 1. The predicted molar refractivity (Wildman–Crippen MR) is 80.2 cm³/mol. The molecule has 0 saturated heterocycles. The third kappa shape index (κ3) is 1.57. The molecule has 0 radical (unpaired) electrons. The van der Waals surface area contributed by atoms with Gasteiger partial charge in [0.2, 0.25) is 11.6 Å². The predicted octanol–water partition coefficient (Wildman–Crippen LogP) is 2.02. The molecule has 3 heterocycles. The number of aromatic nitrogens is 2. The van der Waals surface area contributed by atoms with Gasteiger partial charge in [-0.15, -0.1) is 0 Å². The average Bonchev–Trinajstić information content (AvgIpc) is 2.90. The minimum absolute atomic E-state index is 0.00944. The number of hydrogen-bond donors (Lipinski definition) is 1. The lowest BCUT2D eigenvalue weighted by atomic mass is 9.89. The van der Waals surface area contributed by atoms with Crippen LogP contribution in [0.5, 0.6) is 5.75 Å². The summed E-state index contributed by atoms with van der Waals surface area (Å²) in [6, 6.07) is 6.06. The van der Waals surface area contributed by atoms with E-state index < -0.39 is 17.3 Å². The fraction of sp³-hybridized carbons (Fsp3) is 0.0588. The second-order valence-corrected chi connectivity index (χ2v) is 5.32. The number of aromatic hydroxyl groups is 1. The molecule has 6 heteroatoms. The van der Waals surface area contributed by atoms with Crippen LogP contribution in [0.25, 0.3) is 5.52 Å². The van der Waals surface area contributed by atoms with Crippen LogP contribution in [-0.2, 0) is 0 Å². The van der Waals surface area contributed by atoms with Gasteiger partial charge in [0.25, 0.3) is 0 Å². The second kappa shape index (κ2) is 4.36. The largest absolute Gasteiger partial charge is 0.506 e. The molecule has 3 aromatic heterocycles. The zero-order valence-corrected chi connectivity index (χ0v) is 12.0. The Morgan fingerprint density at radius 1 is 1.17 bits per heavy atom. The highest BCUT2D eigenvalue weighted by molar-refractivity contribution is 6.31. The van der Waals surface area contributed by atoms with Gasteiger partial charge in [-0.2, -0.15) is 0 Å². The van der Waals surface area contributed by atoms with E-state index in [0.29, 0.717) is 0 Å². The summed E-state index contributed by atoms with van der Waals surface area (Å²) >= 11 is 0. The molecule has 0 atom stereocenters. The van der Waals surface area contributed by atoms with Gasteiger partial charge in [-0.3, -0.25) is 19.4 Å². The first-order chi connectivity index (χ1) is 11.0. The molecule has 0 spiro atoms. The van der Waals surface area contributed by atoms with E-state index in [-0.39, 0.29) is 39.3 Å². The molecule has 0 unspecified atom stereocenters. The van der Waals surface area contributed by atoms with Crippen molar-refractivity contribution >= 4 is 22.9 Å². The summed E-state index contributed by atoms with van der Waals surface area (Å²) in [6.45, 7) is 1.30. The number of carbonyl (C=O) groups excluding carboxylic acids is 3. The molecule has 0 amide bonds. The fourth-order valence-corrected chi connectivity index (χ4v) is 3.09. The van der Waals surface area contributed by atoms with Crippen molar-refractivity contribution in [2.24, 2.45) is 0 Å². The molecule has 3 aromatic rings. The van der Waals surface area contributed by atoms with Crippen molar-refractivity contribution in [3.63, 3.8) is 0 Å². The molecule has 4 rings (SSSR count). The maximum absolute atomic E-state index is 12.8. The van der Waals surface area contributed by atoms with Crippen LogP contribution in [0, 0.1) is 0 Å². The summed E-state index contributed by atoms with van der Waals surface area (Å²) in [6.07, 6.45) is 2.97. The Kier molecular flexibility index (Phi) is 2.54. The maximum Gasteiger partial charge on any atom is 0.215 e. The molecule has 23 heavy (non-hydrogen) atoms. The van der Waals surface area contributed by atoms with E-state index >= 15 is 0 Å². The lowest BCUT2D eigenvalue weighted by Gasteiger charge is -2.14. The minimum Gasteiger partial charge on any atom is -0.506 e. The summed E-state index contributed by atoms with van der Waals surface area (Å²) in [5.74, 6) is -1.44.